The molecule has 2 aliphatic heterocycles. The molecule has 2 fully saturated rings. The number of quaternary nitrogens is 1. The summed E-state index contributed by atoms with van der Waals surface area (Å²) in [5, 5.41) is 13.8. The van der Waals surface area contributed by atoms with Gasteiger partial charge in [-0.25, -0.2) is 0 Å². The van der Waals surface area contributed by atoms with Crippen LogP contribution in [0.25, 0.3) is 5.76 Å². The molecular weight excluding hydrogens is 444 g/mol. The second kappa shape index (κ2) is 10.4. The molecule has 2 aliphatic rings. The van der Waals surface area contributed by atoms with Crippen LogP contribution in [-0.4, -0.2) is 63.1 Å². The SMILES string of the molecule is COc1ccc(/C([O-])=C2\C(=O)C(=O)N(CCC[NH+]3CCOCC3)C2c2ccccc2Cl)cc1. The lowest BCUT2D eigenvalue weighted by Gasteiger charge is -2.29. The average molecular weight is 471 g/mol. The number of amides is 1. The van der Waals surface area contributed by atoms with E-state index in [0.717, 1.165) is 32.8 Å². The van der Waals surface area contributed by atoms with Crippen LogP contribution in [-0.2, 0) is 14.3 Å². The van der Waals surface area contributed by atoms with E-state index in [1.807, 2.05) is 0 Å². The number of likely N-dealkylation sites (tertiary alicyclic amines) is 1. The first-order valence-electron chi connectivity index (χ1n) is 11.1. The van der Waals surface area contributed by atoms with Crippen LogP contribution in [0.2, 0.25) is 5.02 Å². The molecule has 1 N–H and O–H groups in total. The Kier molecular flexibility index (Phi) is 7.33. The number of benzene rings is 2. The van der Waals surface area contributed by atoms with Gasteiger partial charge in [0.1, 0.15) is 18.8 Å². The second-order valence-corrected chi connectivity index (χ2v) is 8.60. The zero-order chi connectivity index (χ0) is 23.4. The summed E-state index contributed by atoms with van der Waals surface area (Å²) >= 11 is 6.47. The van der Waals surface area contributed by atoms with E-state index in [4.69, 9.17) is 21.1 Å². The lowest BCUT2D eigenvalue weighted by Crippen LogP contribution is -3.14. The number of nitrogens with one attached hydrogen (secondary N) is 1. The maximum atomic E-state index is 13.4. The fraction of sp³-hybridized carbons (Fsp3) is 0.360. The number of Topliss-reactive ketones (excluding diaryl/α,β-unsaturated/α-hetero) is 1. The number of ketones is 1. The third-order valence-corrected chi connectivity index (χ3v) is 6.55. The molecule has 2 saturated heterocycles. The predicted octanol–water partition coefficient (Wildman–Crippen LogP) is 0.878. The molecule has 1 amide bonds. The Morgan fingerprint density at radius 2 is 1.85 bits per heavy atom. The molecule has 7 nitrogen and oxygen atoms in total. The summed E-state index contributed by atoms with van der Waals surface area (Å²) in [7, 11) is 1.54. The molecule has 0 radical (unpaired) electrons. The van der Waals surface area contributed by atoms with Crippen molar-refractivity contribution >= 4 is 29.1 Å². The first-order valence-corrected chi connectivity index (χ1v) is 11.5. The molecule has 8 heteroatoms. The van der Waals surface area contributed by atoms with Crippen LogP contribution in [0.4, 0.5) is 0 Å². The van der Waals surface area contributed by atoms with Gasteiger partial charge in [-0.2, -0.15) is 0 Å². The fourth-order valence-corrected chi connectivity index (χ4v) is 4.67. The van der Waals surface area contributed by atoms with Crippen molar-refractivity contribution < 1.29 is 29.1 Å². The van der Waals surface area contributed by atoms with E-state index >= 15 is 0 Å². The lowest BCUT2D eigenvalue weighted by molar-refractivity contribution is -0.908. The van der Waals surface area contributed by atoms with Gasteiger partial charge in [-0.15, -0.1) is 0 Å². The molecule has 33 heavy (non-hydrogen) atoms. The van der Waals surface area contributed by atoms with Crippen LogP contribution >= 0.6 is 11.6 Å². The number of methoxy groups -OCH3 is 1. The quantitative estimate of drug-likeness (QED) is 0.369. The lowest BCUT2D eigenvalue weighted by atomic mass is 9.95. The van der Waals surface area contributed by atoms with E-state index in [1.54, 1.807) is 48.5 Å². The van der Waals surface area contributed by atoms with Crippen LogP contribution in [0.5, 0.6) is 5.75 Å². The molecule has 174 valence electrons. The summed E-state index contributed by atoms with van der Waals surface area (Å²) in [6, 6.07) is 12.7. The minimum absolute atomic E-state index is 0.0583. The second-order valence-electron chi connectivity index (χ2n) is 8.19. The number of carbonyl (C=O) groups is 2. The summed E-state index contributed by atoms with van der Waals surface area (Å²) in [6.45, 7) is 4.53. The standard InChI is InChI=1S/C25H27ClN2O5/c1-32-18-9-7-17(8-10-18)23(29)21-22(19-5-2-3-6-20(19)26)28(25(31)24(21)30)12-4-11-27-13-15-33-16-14-27/h2-3,5-10,22,29H,4,11-16H2,1H3/b23-21+. The molecule has 0 aromatic heterocycles. The number of hydrogen-bond acceptors (Lipinski definition) is 5. The van der Waals surface area contributed by atoms with E-state index in [0.29, 0.717) is 34.9 Å². The van der Waals surface area contributed by atoms with Crippen molar-refractivity contribution in [1.29, 1.82) is 0 Å². The third kappa shape index (κ3) is 4.90. The zero-order valence-corrected chi connectivity index (χ0v) is 19.3. The number of nitrogens with zero attached hydrogens (tertiary/aromatic N) is 1. The summed E-state index contributed by atoms with van der Waals surface area (Å²) in [4.78, 5) is 29.0. The molecule has 1 atom stereocenters. The van der Waals surface area contributed by atoms with Crippen LogP contribution < -0.4 is 14.7 Å². The molecule has 4 rings (SSSR count). The highest BCUT2D eigenvalue weighted by Gasteiger charge is 2.44. The highest BCUT2D eigenvalue weighted by molar-refractivity contribution is 6.46. The molecule has 2 aromatic carbocycles. The molecule has 0 saturated carbocycles. The van der Waals surface area contributed by atoms with Crippen molar-refractivity contribution in [3.05, 3.63) is 70.3 Å². The van der Waals surface area contributed by atoms with E-state index in [2.05, 4.69) is 0 Å². The van der Waals surface area contributed by atoms with Gasteiger partial charge in [0.2, 0.25) is 5.78 Å². The summed E-state index contributed by atoms with van der Waals surface area (Å²) in [5.41, 5.74) is 0.842. The summed E-state index contributed by atoms with van der Waals surface area (Å²) in [6.07, 6.45) is 0.708. The smallest absolute Gasteiger partial charge is 0.295 e. The maximum absolute atomic E-state index is 13.4. The normalized spacial score (nSPS) is 20.9. The van der Waals surface area contributed by atoms with Gasteiger partial charge in [-0.05, 0) is 29.3 Å². The molecule has 0 spiro atoms. The van der Waals surface area contributed by atoms with Gasteiger partial charge >= 0.3 is 0 Å². The van der Waals surface area contributed by atoms with Gasteiger partial charge in [0, 0.05) is 23.6 Å². The Morgan fingerprint density at radius 3 is 2.52 bits per heavy atom. The zero-order valence-electron chi connectivity index (χ0n) is 18.5. The summed E-state index contributed by atoms with van der Waals surface area (Å²) < 4.78 is 10.6. The van der Waals surface area contributed by atoms with Crippen molar-refractivity contribution in [2.45, 2.75) is 12.5 Å². The van der Waals surface area contributed by atoms with Crippen molar-refractivity contribution in [3.63, 3.8) is 0 Å². The Labute approximate surface area is 198 Å². The predicted molar refractivity (Wildman–Crippen MR) is 122 cm³/mol. The number of halogens is 1. The first-order chi connectivity index (χ1) is 16.0. The van der Waals surface area contributed by atoms with Gasteiger partial charge in [-0.3, -0.25) is 9.59 Å². The Morgan fingerprint density at radius 1 is 1.15 bits per heavy atom. The van der Waals surface area contributed by atoms with Gasteiger partial charge in [-0.1, -0.05) is 47.7 Å². The molecule has 0 aliphatic carbocycles. The van der Waals surface area contributed by atoms with Crippen LogP contribution in [0.3, 0.4) is 0 Å². The molecule has 2 heterocycles. The fourth-order valence-electron chi connectivity index (χ4n) is 4.43. The topological polar surface area (TPSA) is 83.3 Å². The van der Waals surface area contributed by atoms with Gasteiger partial charge < -0.3 is 24.4 Å². The molecular formula is C25H27ClN2O5. The number of morpholine rings is 1. The van der Waals surface area contributed by atoms with Crippen molar-refractivity contribution in [2.24, 2.45) is 0 Å². The van der Waals surface area contributed by atoms with Gasteiger partial charge in [0.15, 0.2) is 0 Å². The van der Waals surface area contributed by atoms with Crippen molar-refractivity contribution in [3.8, 4) is 5.75 Å². The van der Waals surface area contributed by atoms with Crippen LogP contribution in [0.1, 0.15) is 23.6 Å². The Bertz CT molecular complexity index is 1050. The largest absolute Gasteiger partial charge is 0.872 e. The number of ether oxygens (including phenoxy) is 2. The van der Waals surface area contributed by atoms with Crippen LogP contribution in [0.15, 0.2) is 54.1 Å². The van der Waals surface area contributed by atoms with Crippen LogP contribution in [0, 0.1) is 0 Å². The van der Waals surface area contributed by atoms with E-state index in [-0.39, 0.29) is 5.57 Å². The number of rotatable bonds is 7. The minimum atomic E-state index is -0.812. The first kappa shape index (κ1) is 23.3. The molecule has 0 bridgehead atoms. The van der Waals surface area contributed by atoms with E-state index in [1.165, 1.54) is 16.9 Å². The molecule has 1 unspecified atom stereocenters. The third-order valence-electron chi connectivity index (χ3n) is 6.21. The van der Waals surface area contributed by atoms with Gasteiger partial charge in [0.05, 0.1) is 32.9 Å². The Hall–Kier alpha value is -2.87. The number of carbonyl (C=O) groups excluding carboxylic acids is 2. The van der Waals surface area contributed by atoms with E-state index < -0.39 is 23.5 Å². The monoisotopic (exact) mass is 470 g/mol. The summed E-state index contributed by atoms with van der Waals surface area (Å²) in [5.74, 6) is -1.30. The highest BCUT2D eigenvalue weighted by Crippen LogP contribution is 2.41. The van der Waals surface area contributed by atoms with E-state index in [9.17, 15) is 14.7 Å². The number of hydrogen-bond donors (Lipinski definition) is 1. The Balaban J connectivity index is 1.67. The highest BCUT2D eigenvalue weighted by atomic mass is 35.5. The minimum Gasteiger partial charge on any atom is -0.872 e. The molecule has 2 aromatic rings. The maximum Gasteiger partial charge on any atom is 0.295 e. The van der Waals surface area contributed by atoms with Crippen molar-refractivity contribution in [1.82, 2.24) is 4.90 Å². The van der Waals surface area contributed by atoms with Gasteiger partial charge in [0.25, 0.3) is 5.91 Å². The average Bonchev–Trinajstić information content (AvgIpc) is 3.09. The van der Waals surface area contributed by atoms with Crippen molar-refractivity contribution in [2.75, 3.05) is 46.5 Å².